The first-order valence-corrected chi connectivity index (χ1v) is 8.54. The van der Waals surface area contributed by atoms with E-state index in [0.717, 1.165) is 44.0 Å². The third kappa shape index (κ3) is 6.18. The molecule has 1 aliphatic rings. The molecule has 0 saturated carbocycles. The van der Waals surface area contributed by atoms with E-state index in [9.17, 15) is 4.79 Å². The van der Waals surface area contributed by atoms with Gasteiger partial charge in [0.05, 0.1) is 13.2 Å². The number of rotatable bonds is 5. The predicted molar refractivity (Wildman–Crippen MR) is 101 cm³/mol. The Morgan fingerprint density at radius 1 is 1.32 bits per heavy atom. The fourth-order valence-electron chi connectivity index (χ4n) is 2.50. The monoisotopic (exact) mass is 358 g/mol. The summed E-state index contributed by atoms with van der Waals surface area (Å²) in [5, 5.41) is 11.8. The number of hydrogen-bond acceptors (Lipinski definition) is 5. The summed E-state index contributed by atoms with van der Waals surface area (Å²) >= 11 is 5.31. The molecule has 1 aromatic rings. The lowest BCUT2D eigenvalue weighted by Gasteiger charge is -2.35. The van der Waals surface area contributed by atoms with E-state index in [1.165, 1.54) is 6.08 Å². The highest BCUT2D eigenvalue weighted by molar-refractivity contribution is 7.80. The van der Waals surface area contributed by atoms with E-state index >= 15 is 0 Å². The predicted octanol–water partition coefficient (Wildman–Crippen LogP) is 1.64. The van der Waals surface area contributed by atoms with E-state index < -0.39 is 0 Å². The molecule has 2 rings (SSSR count). The minimum absolute atomic E-state index is 0.243. The third-order valence-corrected chi connectivity index (χ3v) is 4.33. The van der Waals surface area contributed by atoms with Crippen molar-refractivity contribution in [2.45, 2.75) is 6.42 Å². The Hall–Kier alpha value is -2.43. The third-order valence-electron chi connectivity index (χ3n) is 3.97. The number of nitriles is 1. The Morgan fingerprint density at radius 3 is 2.60 bits per heavy atom. The highest BCUT2D eigenvalue weighted by atomic mass is 32.1. The largest absolute Gasteiger partial charge is 0.497 e. The lowest BCUT2D eigenvalue weighted by molar-refractivity contribution is -0.115. The van der Waals surface area contributed by atoms with Gasteiger partial charge in [-0.15, -0.1) is 0 Å². The van der Waals surface area contributed by atoms with Crippen molar-refractivity contribution in [1.82, 2.24) is 15.1 Å². The lowest BCUT2D eigenvalue weighted by atomic mass is 10.2. The topological polar surface area (TPSA) is 68.6 Å². The number of carbonyl (C=O) groups is 1. The van der Waals surface area contributed by atoms with Crippen LogP contribution in [0.25, 0.3) is 6.08 Å². The van der Waals surface area contributed by atoms with Crippen LogP contribution in [0.2, 0.25) is 0 Å². The molecule has 1 aromatic carbocycles. The number of benzene rings is 1. The lowest BCUT2D eigenvalue weighted by Crippen LogP contribution is -2.52. The maximum atomic E-state index is 12.0. The summed E-state index contributed by atoms with van der Waals surface area (Å²) in [5.74, 6) is 0.532. The zero-order chi connectivity index (χ0) is 18.1. The van der Waals surface area contributed by atoms with Crippen LogP contribution in [0.5, 0.6) is 5.75 Å². The van der Waals surface area contributed by atoms with Gasteiger partial charge in [-0.05, 0) is 36.0 Å². The maximum absolute atomic E-state index is 12.0. The van der Waals surface area contributed by atoms with Gasteiger partial charge < -0.3 is 9.64 Å². The van der Waals surface area contributed by atoms with Gasteiger partial charge in [-0.3, -0.25) is 15.0 Å². The van der Waals surface area contributed by atoms with Gasteiger partial charge in [-0.2, -0.15) is 5.26 Å². The van der Waals surface area contributed by atoms with Crippen LogP contribution >= 0.6 is 12.2 Å². The van der Waals surface area contributed by atoms with Crippen LogP contribution in [0.1, 0.15) is 12.0 Å². The van der Waals surface area contributed by atoms with Crippen LogP contribution in [0.15, 0.2) is 30.3 Å². The molecule has 1 aliphatic heterocycles. The molecule has 0 atom stereocenters. The van der Waals surface area contributed by atoms with E-state index in [-0.39, 0.29) is 5.91 Å². The van der Waals surface area contributed by atoms with Crippen LogP contribution in [0, 0.1) is 11.3 Å². The van der Waals surface area contributed by atoms with Crippen molar-refractivity contribution in [2.24, 2.45) is 0 Å². The van der Waals surface area contributed by atoms with Gasteiger partial charge in [0.15, 0.2) is 5.11 Å². The van der Waals surface area contributed by atoms with Crippen molar-refractivity contribution in [3.63, 3.8) is 0 Å². The van der Waals surface area contributed by atoms with Crippen LogP contribution in [-0.4, -0.2) is 60.7 Å². The average molecular weight is 358 g/mol. The first-order valence-electron chi connectivity index (χ1n) is 8.13. The van der Waals surface area contributed by atoms with Gasteiger partial charge in [-0.25, -0.2) is 0 Å². The van der Waals surface area contributed by atoms with Crippen molar-refractivity contribution in [1.29, 1.82) is 5.26 Å². The van der Waals surface area contributed by atoms with E-state index in [1.807, 2.05) is 29.2 Å². The van der Waals surface area contributed by atoms with E-state index in [2.05, 4.69) is 16.3 Å². The quantitative estimate of drug-likeness (QED) is 0.637. The number of piperazine rings is 1. The fraction of sp³-hybridized carbons (Fsp3) is 0.389. The summed E-state index contributed by atoms with van der Waals surface area (Å²) in [6, 6.07) is 9.59. The molecule has 0 aromatic heterocycles. The summed E-state index contributed by atoms with van der Waals surface area (Å²) in [7, 11) is 1.61. The number of nitrogens with zero attached hydrogens (tertiary/aromatic N) is 3. The molecule has 0 spiro atoms. The minimum Gasteiger partial charge on any atom is -0.497 e. The van der Waals surface area contributed by atoms with Gasteiger partial charge in [-0.1, -0.05) is 12.1 Å². The Labute approximate surface area is 153 Å². The summed E-state index contributed by atoms with van der Waals surface area (Å²) in [6.07, 6.45) is 3.74. The maximum Gasteiger partial charge on any atom is 0.250 e. The molecular formula is C18H22N4O2S. The van der Waals surface area contributed by atoms with Crippen LogP contribution in [-0.2, 0) is 4.79 Å². The zero-order valence-corrected chi connectivity index (χ0v) is 15.1. The van der Waals surface area contributed by atoms with Crippen LogP contribution in [0.4, 0.5) is 0 Å². The Kier molecular flexibility index (Phi) is 7.38. The van der Waals surface area contributed by atoms with Gasteiger partial charge in [0.1, 0.15) is 5.75 Å². The molecule has 0 unspecified atom stereocenters. The minimum atomic E-state index is -0.243. The Bertz CT molecular complexity index is 659. The molecule has 25 heavy (non-hydrogen) atoms. The standard InChI is InChI=1S/C18H22N4O2S/c1-24-16-6-3-15(4-7-16)5-8-17(23)20-18(25)22-13-11-21(12-14-22)10-2-9-19/h3-8H,2,10-14H2,1H3,(H,20,23,25)/b8-5+. The van der Waals surface area contributed by atoms with Gasteiger partial charge >= 0.3 is 0 Å². The molecule has 1 heterocycles. The van der Waals surface area contributed by atoms with Crippen molar-refractivity contribution >= 4 is 29.3 Å². The molecule has 1 saturated heterocycles. The number of hydrogen-bond donors (Lipinski definition) is 1. The van der Waals surface area contributed by atoms with Gasteiger partial charge in [0.25, 0.3) is 0 Å². The molecular weight excluding hydrogens is 336 g/mol. The van der Waals surface area contributed by atoms with E-state index in [4.69, 9.17) is 22.2 Å². The molecule has 0 aliphatic carbocycles. The fourth-order valence-corrected chi connectivity index (χ4v) is 2.78. The smallest absolute Gasteiger partial charge is 0.250 e. The first kappa shape index (κ1) is 18.9. The number of amides is 1. The Balaban J connectivity index is 1.77. The molecule has 7 heteroatoms. The summed E-state index contributed by atoms with van der Waals surface area (Å²) in [5.41, 5.74) is 0.910. The summed E-state index contributed by atoms with van der Waals surface area (Å²) in [4.78, 5) is 16.2. The van der Waals surface area contributed by atoms with Crippen molar-refractivity contribution < 1.29 is 9.53 Å². The van der Waals surface area contributed by atoms with Crippen molar-refractivity contribution in [3.8, 4) is 11.8 Å². The number of nitrogens with one attached hydrogen (secondary N) is 1. The molecule has 1 N–H and O–H groups in total. The number of carbonyl (C=O) groups excluding carboxylic acids is 1. The summed E-state index contributed by atoms with van der Waals surface area (Å²) in [6.45, 7) is 3.99. The molecule has 1 amide bonds. The summed E-state index contributed by atoms with van der Waals surface area (Å²) < 4.78 is 5.10. The van der Waals surface area contributed by atoms with E-state index in [0.29, 0.717) is 11.5 Å². The van der Waals surface area contributed by atoms with Crippen LogP contribution < -0.4 is 10.1 Å². The SMILES string of the molecule is COc1ccc(/C=C/C(=O)NC(=S)N2CCN(CCC#N)CC2)cc1. The molecule has 1 fully saturated rings. The zero-order valence-electron chi connectivity index (χ0n) is 14.3. The molecule has 0 radical (unpaired) electrons. The molecule has 6 nitrogen and oxygen atoms in total. The highest BCUT2D eigenvalue weighted by Crippen LogP contribution is 2.12. The number of methoxy groups -OCH3 is 1. The second-order valence-electron chi connectivity index (χ2n) is 5.64. The second kappa shape index (κ2) is 9.77. The van der Waals surface area contributed by atoms with Crippen molar-refractivity contribution in [3.05, 3.63) is 35.9 Å². The van der Waals surface area contributed by atoms with Crippen molar-refractivity contribution in [2.75, 3.05) is 39.8 Å². The molecule has 0 bridgehead atoms. The number of thiocarbonyl (C=S) groups is 1. The second-order valence-corrected chi connectivity index (χ2v) is 6.02. The number of ether oxygens (including phenoxy) is 1. The average Bonchev–Trinajstić information content (AvgIpc) is 2.65. The highest BCUT2D eigenvalue weighted by Gasteiger charge is 2.19. The van der Waals surface area contributed by atoms with E-state index in [1.54, 1.807) is 13.2 Å². The van der Waals surface area contributed by atoms with Gasteiger partial charge in [0.2, 0.25) is 5.91 Å². The first-order chi connectivity index (χ1) is 12.1. The molecule has 132 valence electrons. The Morgan fingerprint density at radius 2 is 2.00 bits per heavy atom. The normalized spacial score (nSPS) is 15.0. The van der Waals surface area contributed by atoms with Crippen LogP contribution in [0.3, 0.4) is 0 Å². The van der Waals surface area contributed by atoms with Gasteiger partial charge in [0, 0.05) is 45.2 Å².